The second-order valence-corrected chi connectivity index (χ2v) is 6.45. The first kappa shape index (κ1) is 13.9. The Bertz CT molecular complexity index is 708. The smallest absolute Gasteiger partial charge is 0.175 e. The van der Waals surface area contributed by atoms with E-state index in [0.717, 1.165) is 6.26 Å². The highest BCUT2D eigenvalue weighted by Gasteiger charge is 2.13. The molecular weight excluding hydrogens is 284 g/mol. The Hall–Kier alpha value is -1.52. The van der Waals surface area contributed by atoms with Crippen LogP contribution in [0.25, 0.3) is 11.1 Å². The molecule has 5 heteroatoms. The quantitative estimate of drug-likeness (QED) is 0.873. The van der Waals surface area contributed by atoms with Gasteiger partial charge in [-0.25, -0.2) is 8.42 Å². The van der Waals surface area contributed by atoms with Crippen LogP contribution < -0.4 is 4.74 Å². The van der Waals surface area contributed by atoms with Crippen LogP contribution in [-0.4, -0.2) is 21.8 Å². The first-order valence-electron chi connectivity index (χ1n) is 5.48. The summed E-state index contributed by atoms with van der Waals surface area (Å²) in [7, 11) is -1.70. The van der Waals surface area contributed by atoms with Gasteiger partial charge in [0.25, 0.3) is 0 Å². The minimum Gasteiger partial charge on any atom is -0.496 e. The molecule has 2 aromatic carbocycles. The van der Waals surface area contributed by atoms with Crippen molar-refractivity contribution in [2.24, 2.45) is 0 Å². The SMILES string of the molecule is COc1ccc[c]c1-c1ccc(S(C)(=O)=O)cc1Cl. The van der Waals surface area contributed by atoms with Crippen molar-refractivity contribution < 1.29 is 13.2 Å². The summed E-state index contributed by atoms with van der Waals surface area (Å²) in [5.74, 6) is 0.636. The molecular formula is C14H12ClO3S. The van der Waals surface area contributed by atoms with Gasteiger partial charge in [0.15, 0.2) is 9.84 Å². The molecule has 1 radical (unpaired) electrons. The lowest BCUT2D eigenvalue weighted by Crippen LogP contribution is -1.97. The molecule has 0 heterocycles. The molecule has 0 fully saturated rings. The highest BCUT2D eigenvalue weighted by atomic mass is 35.5. The zero-order chi connectivity index (χ0) is 14.0. The third-order valence-corrected chi connectivity index (χ3v) is 4.10. The zero-order valence-corrected chi connectivity index (χ0v) is 12.0. The topological polar surface area (TPSA) is 43.4 Å². The van der Waals surface area contributed by atoms with Gasteiger partial charge in [-0.2, -0.15) is 0 Å². The fourth-order valence-electron chi connectivity index (χ4n) is 1.73. The van der Waals surface area contributed by atoms with Gasteiger partial charge in [-0.05, 0) is 24.3 Å². The summed E-state index contributed by atoms with van der Waals surface area (Å²) in [6, 6.07) is 13.0. The molecule has 0 saturated carbocycles. The predicted molar refractivity (Wildman–Crippen MR) is 75.4 cm³/mol. The van der Waals surface area contributed by atoms with Crippen LogP contribution in [0.3, 0.4) is 0 Å². The van der Waals surface area contributed by atoms with E-state index in [1.54, 1.807) is 31.4 Å². The molecule has 0 unspecified atom stereocenters. The van der Waals surface area contributed by atoms with E-state index in [1.165, 1.54) is 12.1 Å². The van der Waals surface area contributed by atoms with Gasteiger partial charge in [-0.1, -0.05) is 29.8 Å². The van der Waals surface area contributed by atoms with Gasteiger partial charge < -0.3 is 4.74 Å². The number of benzene rings is 2. The second kappa shape index (κ2) is 5.23. The Balaban J connectivity index is 2.59. The van der Waals surface area contributed by atoms with E-state index >= 15 is 0 Å². The Labute approximate surface area is 117 Å². The van der Waals surface area contributed by atoms with Crippen LogP contribution in [0.5, 0.6) is 5.75 Å². The van der Waals surface area contributed by atoms with E-state index in [1.807, 2.05) is 0 Å². The van der Waals surface area contributed by atoms with Gasteiger partial charge in [0.05, 0.1) is 12.0 Å². The van der Waals surface area contributed by atoms with Crippen molar-refractivity contribution in [2.45, 2.75) is 4.90 Å². The molecule has 0 saturated heterocycles. The van der Waals surface area contributed by atoms with Crippen molar-refractivity contribution in [3.8, 4) is 16.9 Å². The summed E-state index contributed by atoms with van der Waals surface area (Å²) in [5.41, 5.74) is 1.39. The minimum atomic E-state index is -3.27. The van der Waals surface area contributed by atoms with E-state index in [2.05, 4.69) is 6.07 Å². The summed E-state index contributed by atoms with van der Waals surface area (Å²) < 4.78 is 28.2. The normalized spacial score (nSPS) is 11.3. The standard InChI is InChI=1S/C14H12ClO3S/c1-18-14-6-4-3-5-12(14)11-8-7-10(9-13(11)15)19(2,16)17/h3-4,6-9H,1-2H3. The number of hydrogen-bond donors (Lipinski definition) is 0. The Morgan fingerprint density at radius 3 is 2.58 bits per heavy atom. The summed E-state index contributed by atoms with van der Waals surface area (Å²) >= 11 is 6.16. The van der Waals surface area contributed by atoms with Crippen LogP contribution in [0, 0.1) is 6.07 Å². The zero-order valence-electron chi connectivity index (χ0n) is 10.5. The maximum Gasteiger partial charge on any atom is 0.175 e. The number of halogens is 1. The van der Waals surface area contributed by atoms with Crippen molar-refractivity contribution >= 4 is 21.4 Å². The average molecular weight is 296 g/mol. The summed E-state index contributed by atoms with van der Waals surface area (Å²) in [6.45, 7) is 0. The molecule has 0 aliphatic rings. The monoisotopic (exact) mass is 295 g/mol. The lowest BCUT2D eigenvalue weighted by molar-refractivity contribution is 0.416. The largest absolute Gasteiger partial charge is 0.496 e. The summed E-state index contributed by atoms with van der Waals surface area (Å²) in [4.78, 5) is 0.191. The first-order valence-corrected chi connectivity index (χ1v) is 7.75. The van der Waals surface area contributed by atoms with Gasteiger partial charge >= 0.3 is 0 Å². The van der Waals surface area contributed by atoms with Crippen LogP contribution in [0.15, 0.2) is 41.3 Å². The molecule has 19 heavy (non-hydrogen) atoms. The molecule has 0 spiro atoms. The van der Waals surface area contributed by atoms with Gasteiger partial charge in [-0.3, -0.25) is 0 Å². The average Bonchev–Trinajstić information content (AvgIpc) is 2.37. The lowest BCUT2D eigenvalue weighted by atomic mass is 10.0. The van der Waals surface area contributed by atoms with Crippen LogP contribution in [0.4, 0.5) is 0 Å². The first-order chi connectivity index (χ1) is 8.93. The fourth-order valence-corrected chi connectivity index (χ4v) is 2.72. The summed E-state index contributed by atoms with van der Waals surface area (Å²) in [6.07, 6.45) is 1.15. The molecule has 0 N–H and O–H groups in total. The van der Waals surface area contributed by atoms with E-state index < -0.39 is 9.84 Å². The van der Waals surface area contributed by atoms with Crippen molar-refractivity contribution in [3.05, 3.63) is 47.5 Å². The molecule has 2 aromatic rings. The Morgan fingerprint density at radius 2 is 2.00 bits per heavy atom. The van der Waals surface area contributed by atoms with E-state index in [-0.39, 0.29) is 4.90 Å². The molecule has 0 aliphatic heterocycles. The van der Waals surface area contributed by atoms with Crippen molar-refractivity contribution in [1.82, 2.24) is 0 Å². The number of rotatable bonds is 3. The molecule has 0 atom stereocenters. The van der Waals surface area contributed by atoms with Crippen LogP contribution in [-0.2, 0) is 9.84 Å². The highest BCUT2D eigenvalue weighted by Crippen LogP contribution is 2.35. The van der Waals surface area contributed by atoms with E-state index in [0.29, 0.717) is 21.9 Å². The number of sulfone groups is 1. The Morgan fingerprint density at radius 1 is 1.26 bits per heavy atom. The molecule has 0 aromatic heterocycles. The molecule has 0 aliphatic carbocycles. The van der Waals surface area contributed by atoms with E-state index in [9.17, 15) is 8.42 Å². The maximum atomic E-state index is 11.5. The molecule has 0 bridgehead atoms. The Kier molecular flexibility index (Phi) is 3.83. The van der Waals surface area contributed by atoms with Crippen LogP contribution >= 0.6 is 11.6 Å². The van der Waals surface area contributed by atoms with Crippen LogP contribution in [0.1, 0.15) is 0 Å². The minimum absolute atomic E-state index is 0.191. The molecule has 99 valence electrons. The van der Waals surface area contributed by atoms with E-state index in [4.69, 9.17) is 16.3 Å². The van der Waals surface area contributed by atoms with Crippen molar-refractivity contribution in [2.75, 3.05) is 13.4 Å². The van der Waals surface area contributed by atoms with Crippen molar-refractivity contribution in [1.29, 1.82) is 0 Å². The van der Waals surface area contributed by atoms with Gasteiger partial charge in [0.2, 0.25) is 0 Å². The van der Waals surface area contributed by atoms with Gasteiger partial charge in [0.1, 0.15) is 5.75 Å². The molecule has 3 nitrogen and oxygen atoms in total. The highest BCUT2D eigenvalue weighted by molar-refractivity contribution is 7.90. The number of hydrogen-bond acceptors (Lipinski definition) is 3. The van der Waals surface area contributed by atoms with Crippen LogP contribution in [0.2, 0.25) is 5.02 Å². The maximum absolute atomic E-state index is 11.5. The second-order valence-electron chi connectivity index (χ2n) is 4.03. The van der Waals surface area contributed by atoms with Crippen molar-refractivity contribution in [3.63, 3.8) is 0 Å². The summed E-state index contributed by atoms with van der Waals surface area (Å²) in [5, 5.41) is 0.351. The van der Waals surface area contributed by atoms with Gasteiger partial charge in [0, 0.05) is 22.4 Å². The van der Waals surface area contributed by atoms with Gasteiger partial charge in [-0.15, -0.1) is 0 Å². The molecule has 2 rings (SSSR count). The lowest BCUT2D eigenvalue weighted by Gasteiger charge is -2.10. The number of methoxy groups -OCH3 is 1. The molecule has 0 amide bonds. The predicted octanol–water partition coefficient (Wildman–Crippen LogP) is 3.22. The third kappa shape index (κ3) is 2.91. The number of ether oxygens (including phenoxy) is 1. The fraction of sp³-hybridized carbons (Fsp3) is 0.143. The third-order valence-electron chi connectivity index (χ3n) is 2.68.